The molecule has 3 heterocycles. The van der Waals surface area contributed by atoms with E-state index in [1.54, 1.807) is 6.20 Å². The first-order valence-corrected chi connectivity index (χ1v) is 12.1. The van der Waals surface area contributed by atoms with E-state index >= 15 is 0 Å². The van der Waals surface area contributed by atoms with Gasteiger partial charge in [-0.3, -0.25) is 9.59 Å². The Morgan fingerprint density at radius 3 is 2.75 bits per heavy atom. The molecule has 1 aromatic heterocycles. The van der Waals surface area contributed by atoms with E-state index < -0.39 is 6.04 Å². The smallest absolute Gasteiger partial charge is 0.247 e. The van der Waals surface area contributed by atoms with Gasteiger partial charge in [-0.05, 0) is 83.8 Å². The largest absolute Gasteiger partial charge is 0.383 e. The van der Waals surface area contributed by atoms with Crippen LogP contribution in [0.3, 0.4) is 0 Å². The molecule has 2 aliphatic rings. The molecule has 36 heavy (non-hydrogen) atoms. The van der Waals surface area contributed by atoms with Crippen LogP contribution in [0.2, 0.25) is 0 Å². The van der Waals surface area contributed by atoms with Gasteiger partial charge in [0.05, 0.1) is 0 Å². The molecule has 0 fully saturated rings. The first kappa shape index (κ1) is 23.4. The average Bonchev–Trinajstić information content (AvgIpc) is 2.86. The lowest BCUT2D eigenvalue weighted by Crippen LogP contribution is -2.33. The number of nitrogen functional groups attached to an aromatic ring is 1. The van der Waals surface area contributed by atoms with Gasteiger partial charge < -0.3 is 21.7 Å². The number of fused-ring (bicyclic) bond motifs is 10. The predicted octanol–water partition coefficient (Wildman–Crippen LogP) is 4.87. The lowest BCUT2D eigenvalue weighted by Gasteiger charge is -2.22. The van der Waals surface area contributed by atoms with Crippen LogP contribution in [0.5, 0.6) is 0 Å². The standard InChI is InChI=1S/C29H29N5O2/c1-18-14-22-9-8-20(18)5-3-7-26(35)33-23-6-2-4-19(15-23)17-32-29(36)27(22)34-24-10-11-25-21(16-24)12-13-31-28(25)30/h2,4,6,8-16,27,34H,3,5,7,17H2,1H3,(H2,30,31)(H,32,36)(H,33,35)/t27-/m1/s1. The fourth-order valence-corrected chi connectivity index (χ4v) is 4.65. The molecular formula is C29H29N5O2. The Kier molecular flexibility index (Phi) is 6.54. The molecule has 182 valence electrons. The van der Waals surface area contributed by atoms with Crippen LogP contribution >= 0.6 is 0 Å². The maximum atomic E-state index is 13.5. The molecule has 0 saturated carbocycles. The van der Waals surface area contributed by atoms with Crippen LogP contribution in [0.25, 0.3) is 10.8 Å². The topological polar surface area (TPSA) is 109 Å². The van der Waals surface area contributed by atoms with Gasteiger partial charge >= 0.3 is 0 Å². The third-order valence-corrected chi connectivity index (χ3v) is 6.60. The summed E-state index contributed by atoms with van der Waals surface area (Å²) in [6, 6.07) is 20.8. The number of anilines is 3. The first-order valence-electron chi connectivity index (χ1n) is 12.1. The highest BCUT2D eigenvalue weighted by Crippen LogP contribution is 2.27. The maximum absolute atomic E-state index is 13.5. The number of benzene rings is 3. The van der Waals surface area contributed by atoms with Crippen LogP contribution in [-0.2, 0) is 22.6 Å². The van der Waals surface area contributed by atoms with E-state index in [9.17, 15) is 9.59 Å². The normalized spacial score (nSPS) is 16.4. The van der Waals surface area contributed by atoms with E-state index in [2.05, 4.69) is 33.1 Å². The van der Waals surface area contributed by atoms with Crippen LogP contribution in [0.1, 0.15) is 41.1 Å². The van der Waals surface area contributed by atoms with Crippen molar-refractivity contribution >= 4 is 39.8 Å². The van der Waals surface area contributed by atoms with Crippen LogP contribution in [0.15, 0.2) is 72.9 Å². The van der Waals surface area contributed by atoms with E-state index in [-0.39, 0.29) is 11.8 Å². The Hall–Kier alpha value is -4.39. The molecule has 1 atom stereocenters. The minimum atomic E-state index is -0.592. The SMILES string of the molecule is Cc1cc2ccc1CCCC(=O)Nc1cccc(c1)CNC(=O)[C@@H]2Nc1ccc2c(N)nccc2c1. The molecule has 4 aromatic rings. The summed E-state index contributed by atoms with van der Waals surface area (Å²) in [6.07, 6.45) is 3.68. The summed E-state index contributed by atoms with van der Waals surface area (Å²) in [7, 11) is 0. The molecule has 7 nitrogen and oxygen atoms in total. The quantitative estimate of drug-likeness (QED) is 0.328. The maximum Gasteiger partial charge on any atom is 0.247 e. The second-order valence-corrected chi connectivity index (χ2v) is 9.22. The van der Waals surface area contributed by atoms with Crippen molar-refractivity contribution in [1.82, 2.24) is 10.3 Å². The fourth-order valence-electron chi connectivity index (χ4n) is 4.65. The minimum Gasteiger partial charge on any atom is -0.383 e. The van der Waals surface area contributed by atoms with Gasteiger partial charge in [-0.25, -0.2) is 4.98 Å². The molecule has 3 aromatic carbocycles. The van der Waals surface area contributed by atoms with Gasteiger partial charge in [-0.1, -0.05) is 30.3 Å². The van der Waals surface area contributed by atoms with Gasteiger partial charge in [-0.2, -0.15) is 0 Å². The van der Waals surface area contributed by atoms with Crippen LogP contribution in [0, 0.1) is 6.92 Å². The molecule has 2 aliphatic heterocycles. The third-order valence-electron chi connectivity index (χ3n) is 6.60. The number of carbonyl (C=O) groups is 2. The summed E-state index contributed by atoms with van der Waals surface area (Å²) < 4.78 is 0. The summed E-state index contributed by atoms with van der Waals surface area (Å²) in [5.41, 5.74) is 11.6. The van der Waals surface area contributed by atoms with Crippen LogP contribution < -0.4 is 21.7 Å². The minimum absolute atomic E-state index is 0.00487. The first-order chi connectivity index (χ1) is 17.5. The molecule has 7 heteroatoms. The Labute approximate surface area is 210 Å². The molecule has 0 aliphatic carbocycles. The van der Waals surface area contributed by atoms with Crippen molar-refractivity contribution in [1.29, 1.82) is 0 Å². The average molecular weight is 480 g/mol. The Morgan fingerprint density at radius 1 is 1.00 bits per heavy atom. The number of carbonyl (C=O) groups excluding carboxylic acids is 2. The number of aromatic nitrogens is 1. The highest BCUT2D eigenvalue weighted by molar-refractivity contribution is 5.94. The van der Waals surface area contributed by atoms with Crippen molar-refractivity contribution in [2.24, 2.45) is 0 Å². The molecule has 0 radical (unpaired) electrons. The van der Waals surface area contributed by atoms with Gasteiger partial charge in [0.2, 0.25) is 11.8 Å². The number of hydrogen-bond acceptors (Lipinski definition) is 5. The third kappa shape index (κ3) is 5.15. The van der Waals surface area contributed by atoms with E-state index in [0.29, 0.717) is 18.8 Å². The zero-order chi connectivity index (χ0) is 25.1. The van der Waals surface area contributed by atoms with E-state index in [4.69, 9.17) is 5.73 Å². The Morgan fingerprint density at radius 2 is 1.89 bits per heavy atom. The summed E-state index contributed by atoms with van der Waals surface area (Å²) >= 11 is 0. The van der Waals surface area contributed by atoms with Crippen LogP contribution in [-0.4, -0.2) is 16.8 Å². The number of amides is 2. The van der Waals surface area contributed by atoms with Gasteiger partial charge in [0.15, 0.2) is 0 Å². The summed E-state index contributed by atoms with van der Waals surface area (Å²) in [5.74, 6) is 0.332. The van der Waals surface area contributed by atoms with Gasteiger partial charge in [0, 0.05) is 35.9 Å². The second-order valence-electron chi connectivity index (χ2n) is 9.22. The van der Waals surface area contributed by atoms with E-state index in [1.165, 1.54) is 5.56 Å². The van der Waals surface area contributed by atoms with Crippen molar-refractivity contribution in [3.63, 3.8) is 0 Å². The predicted molar refractivity (Wildman–Crippen MR) is 144 cm³/mol. The fraction of sp³-hybridized carbons (Fsp3) is 0.207. The molecule has 0 spiro atoms. The van der Waals surface area contributed by atoms with E-state index in [1.807, 2.05) is 61.5 Å². The van der Waals surface area contributed by atoms with Crippen LogP contribution in [0.4, 0.5) is 17.2 Å². The van der Waals surface area contributed by atoms with Crippen molar-refractivity contribution in [3.8, 4) is 0 Å². The monoisotopic (exact) mass is 479 g/mol. The number of nitrogens with one attached hydrogen (secondary N) is 3. The number of hydrogen-bond donors (Lipinski definition) is 4. The molecule has 0 saturated heterocycles. The lowest BCUT2D eigenvalue weighted by atomic mass is 9.96. The number of pyridine rings is 1. The van der Waals surface area contributed by atoms with Gasteiger partial charge in [0.25, 0.3) is 0 Å². The highest BCUT2D eigenvalue weighted by atomic mass is 16.2. The lowest BCUT2D eigenvalue weighted by molar-refractivity contribution is -0.122. The van der Waals surface area contributed by atoms with Crippen molar-refractivity contribution in [3.05, 3.63) is 95.2 Å². The highest BCUT2D eigenvalue weighted by Gasteiger charge is 2.22. The van der Waals surface area contributed by atoms with Crippen molar-refractivity contribution in [2.45, 2.75) is 38.8 Å². The summed E-state index contributed by atoms with van der Waals surface area (Å²) in [5, 5.41) is 11.3. The number of nitrogens with zero attached hydrogens (tertiary/aromatic N) is 1. The summed E-state index contributed by atoms with van der Waals surface area (Å²) in [6.45, 7) is 2.39. The van der Waals surface area contributed by atoms with Gasteiger partial charge in [-0.15, -0.1) is 0 Å². The number of rotatable bonds is 2. The zero-order valence-electron chi connectivity index (χ0n) is 20.2. The number of aryl methyl sites for hydroxylation is 2. The molecule has 0 unspecified atom stereocenters. The second kappa shape index (κ2) is 10.1. The molecule has 5 N–H and O–H groups in total. The molecule has 4 bridgehead atoms. The number of nitrogens with two attached hydrogens (primary N) is 1. The molecule has 2 amide bonds. The Balaban J connectivity index is 1.49. The molecule has 6 rings (SSSR count). The van der Waals surface area contributed by atoms with E-state index in [0.717, 1.165) is 51.7 Å². The van der Waals surface area contributed by atoms with Crippen molar-refractivity contribution in [2.75, 3.05) is 16.4 Å². The molecular weight excluding hydrogens is 450 g/mol. The van der Waals surface area contributed by atoms with Crippen molar-refractivity contribution < 1.29 is 9.59 Å². The Bertz CT molecular complexity index is 1450. The van der Waals surface area contributed by atoms with Gasteiger partial charge in [0.1, 0.15) is 11.9 Å². The zero-order valence-corrected chi connectivity index (χ0v) is 20.2. The summed E-state index contributed by atoms with van der Waals surface area (Å²) in [4.78, 5) is 30.0.